The minimum absolute atomic E-state index is 0.258. The van der Waals surface area contributed by atoms with Crippen LogP contribution < -0.4 is 10.6 Å². The maximum absolute atomic E-state index is 12.1. The first-order valence-corrected chi connectivity index (χ1v) is 9.32. The van der Waals surface area contributed by atoms with Crippen LogP contribution in [0.4, 0.5) is 10.5 Å². The van der Waals surface area contributed by atoms with Crippen molar-refractivity contribution in [2.45, 2.75) is 13.3 Å². The van der Waals surface area contributed by atoms with Gasteiger partial charge in [0.25, 0.3) is 5.91 Å². The third-order valence-corrected chi connectivity index (χ3v) is 4.46. The summed E-state index contributed by atoms with van der Waals surface area (Å²) < 4.78 is 28.5. The van der Waals surface area contributed by atoms with E-state index in [2.05, 4.69) is 10.6 Å². The van der Waals surface area contributed by atoms with Crippen LogP contribution in [0.2, 0.25) is 0 Å². The molecule has 0 heterocycles. The van der Waals surface area contributed by atoms with Crippen molar-refractivity contribution in [1.82, 2.24) is 9.62 Å². The Kier molecular flexibility index (Phi) is 7.66. The SMILES string of the molecule is CCOC(=O)Nc1cccc(C(=O)NCCCN(C)S(C)(=O)=O)c1. The van der Waals surface area contributed by atoms with E-state index in [0.717, 1.165) is 6.26 Å². The van der Waals surface area contributed by atoms with Crippen molar-refractivity contribution >= 4 is 27.7 Å². The van der Waals surface area contributed by atoms with Gasteiger partial charge in [0.05, 0.1) is 12.9 Å². The molecule has 24 heavy (non-hydrogen) atoms. The molecule has 1 aromatic rings. The first kappa shape index (κ1) is 19.9. The Morgan fingerprint density at radius 3 is 2.62 bits per heavy atom. The topological polar surface area (TPSA) is 105 Å². The lowest BCUT2D eigenvalue weighted by molar-refractivity contribution is 0.0952. The van der Waals surface area contributed by atoms with E-state index < -0.39 is 16.1 Å². The van der Waals surface area contributed by atoms with E-state index in [1.165, 1.54) is 17.4 Å². The average molecular weight is 357 g/mol. The molecule has 2 amide bonds. The van der Waals surface area contributed by atoms with E-state index in [-0.39, 0.29) is 12.5 Å². The Bertz CT molecular complexity index is 675. The van der Waals surface area contributed by atoms with Gasteiger partial charge in [0.15, 0.2) is 0 Å². The molecule has 0 saturated heterocycles. The predicted octanol–water partition coefficient (Wildman–Crippen LogP) is 1.27. The smallest absolute Gasteiger partial charge is 0.411 e. The molecule has 0 saturated carbocycles. The lowest BCUT2D eigenvalue weighted by atomic mass is 10.2. The highest BCUT2D eigenvalue weighted by Crippen LogP contribution is 2.11. The molecule has 0 unspecified atom stereocenters. The minimum atomic E-state index is -3.21. The van der Waals surface area contributed by atoms with Crippen molar-refractivity contribution in [2.75, 3.05) is 38.3 Å². The van der Waals surface area contributed by atoms with E-state index in [0.29, 0.717) is 30.8 Å². The fourth-order valence-electron chi connectivity index (χ4n) is 1.79. The van der Waals surface area contributed by atoms with Gasteiger partial charge in [0.1, 0.15) is 0 Å². The largest absolute Gasteiger partial charge is 0.450 e. The number of carbonyl (C=O) groups is 2. The van der Waals surface area contributed by atoms with Gasteiger partial charge < -0.3 is 10.1 Å². The second kappa shape index (κ2) is 9.24. The highest BCUT2D eigenvalue weighted by molar-refractivity contribution is 7.88. The van der Waals surface area contributed by atoms with E-state index in [4.69, 9.17) is 4.74 Å². The summed E-state index contributed by atoms with van der Waals surface area (Å²) in [5, 5.41) is 5.23. The molecule has 134 valence electrons. The Hall–Kier alpha value is -2.13. The Labute approximate surface area is 142 Å². The van der Waals surface area contributed by atoms with Crippen molar-refractivity contribution in [1.29, 1.82) is 0 Å². The monoisotopic (exact) mass is 357 g/mol. The fourth-order valence-corrected chi connectivity index (χ4v) is 2.26. The molecule has 0 aliphatic heterocycles. The molecule has 0 bridgehead atoms. The van der Waals surface area contributed by atoms with Gasteiger partial charge in [-0.25, -0.2) is 17.5 Å². The van der Waals surface area contributed by atoms with Gasteiger partial charge in [-0.15, -0.1) is 0 Å². The molecular formula is C15H23N3O5S. The third-order valence-electron chi connectivity index (χ3n) is 3.15. The molecule has 1 rings (SSSR count). The van der Waals surface area contributed by atoms with Crippen molar-refractivity contribution in [2.24, 2.45) is 0 Å². The zero-order chi connectivity index (χ0) is 18.2. The van der Waals surface area contributed by atoms with Crippen molar-refractivity contribution < 1.29 is 22.7 Å². The molecule has 0 aliphatic carbocycles. The van der Waals surface area contributed by atoms with Crippen LogP contribution in [0.3, 0.4) is 0 Å². The number of nitrogens with zero attached hydrogens (tertiary/aromatic N) is 1. The van der Waals surface area contributed by atoms with E-state index in [1.807, 2.05) is 0 Å². The molecule has 0 radical (unpaired) electrons. The second-order valence-corrected chi connectivity index (χ2v) is 7.21. The van der Waals surface area contributed by atoms with E-state index in [9.17, 15) is 18.0 Å². The number of rotatable bonds is 8. The van der Waals surface area contributed by atoms with Crippen LogP contribution in [-0.4, -0.2) is 57.7 Å². The number of ether oxygens (including phenoxy) is 1. The highest BCUT2D eigenvalue weighted by atomic mass is 32.2. The molecule has 0 atom stereocenters. The summed E-state index contributed by atoms with van der Waals surface area (Å²) in [5.74, 6) is -0.301. The maximum atomic E-state index is 12.1. The lowest BCUT2D eigenvalue weighted by Crippen LogP contribution is -2.31. The average Bonchev–Trinajstić information content (AvgIpc) is 2.50. The van der Waals surface area contributed by atoms with E-state index in [1.54, 1.807) is 25.1 Å². The molecule has 0 fully saturated rings. The normalized spacial score (nSPS) is 11.2. The van der Waals surface area contributed by atoms with Crippen molar-refractivity contribution in [3.63, 3.8) is 0 Å². The Morgan fingerprint density at radius 1 is 1.29 bits per heavy atom. The summed E-state index contributed by atoms with van der Waals surface area (Å²) in [7, 11) is -1.72. The van der Waals surface area contributed by atoms with E-state index >= 15 is 0 Å². The number of anilines is 1. The number of benzene rings is 1. The number of hydrogen-bond donors (Lipinski definition) is 2. The molecule has 9 heteroatoms. The molecule has 0 spiro atoms. The molecular weight excluding hydrogens is 334 g/mol. The zero-order valence-electron chi connectivity index (χ0n) is 14.0. The summed E-state index contributed by atoms with van der Waals surface area (Å²) >= 11 is 0. The first-order chi connectivity index (χ1) is 11.2. The van der Waals surface area contributed by atoms with Crippen LogP contribution in [0.25, 0.3) is 0 Å². The summed E-state index contributed by atoms with van der Waals surface area (Å²) in [6.45, 7) is 2.62. The minimum Gasteiger partial charge on any atom is -0.450 e. The van der Waals surface area contributed by atoms with Crippen molar-refractivity contribution in [3.8, 4) is 0 Å². The molecule has 8 nitrogen and oxygen atoms in total. The van der Waals surface area contributed by atoms with Crippen LogP contribution in [0.5, 0.6) is 0 Å². The van der Waals surface area contributed by atoms with Gasteiger partial charge in [0, 0.05) is 31.4 Å². The molecule has 0 aromatic heterocycles. The predicted molar refractivity (Wildman–Crippen MR) is 91.5 cm³/mol. The molecule has 0 aliphatic rings. The van der Waals surface area contributed by atoms with Gasteiger partial charge in [0.2, 0.25) is 10.0 Å². The van der Waals surface area contributed by atoms with Crippen LogP contribution in [0, 0.1) is 0 Å². The number of sulfonamides is 1. The number of hydrogen-bond acceptors (Lipinski definition) is 5. The highest BCUT2D eigenvalue weighted by Gasteiger charge is 2.11. The van der Waals surface area contributed by atoms with Crippen LogP contribution in [0.1, 0.15) is 23.7 Å². The number of nitrogens with one attached hydrogen (secondary N) is 2. The quantitative estimate of drug-likeness (QED) is 0.682. The van der Waals surface area contributed by atoms with Gasteiger partial charge in [-0.3, -0.25) is 10.1 Å². The fraction of sp³-hybridized carbons (Fsp3) is 0.467. The van der Waals surface area contributed by atoms with Crippen LogP contribution >= 0.6 is 0 Å². The molecule has 1 aromatic carbocycles. The zero-order valence-corrected chi connectivity index (χ0v) is 14.9. The van der Waals surface area contributed by atoms with Gasteiger partial charge in [-0.05, 0) is 31.5 Å². The summed E-state index contributed by atoms with van der Waals surface area (Å²) in [5.41, 5.74) is 0.846. The number of carbonyl (C=O) groups excluding carboxylic acids is 2. The van der Waals surface area contributed by atoms with Crippen LogP contribution in [-0.2, 0) is 14.8 Å². The summed E-state index contributed by atoms with van der Waals surface area (Å²) in [6.07, 6.45) is 1.04. The Morgan fingerprint density at radius 2 is 2.00 bits per heavy atom. The van der Waals surface area contributed by atoms with Gasteiger partial charge >= 0.3 is 6.09 Å². The molecule has 2 N–H and O–H groups in total. The van der Waals surface area contributed by atoms with Gasteiger partial charge in [-0.2, -0.15) is 0 Å². The lowest BCUT2D eigenvalue weighted by Gasteiger charge is -2.14. The Balaban J connectivity index is 2.49. The second-order valence-electron chi connectivity index (χ2n) is 5.12. The standard InChI is InChI=1S/C15H23N3O5S/c1-4-23-15(20)17-13-8-5-7-12(11-13)14(19)16-9-6-10-18(2)24(3,21)22/h5,7-8,11H,4,6,9-10H2,1-3H3,(H,16,19)(H,17,20). The number of amides is 2. The summed E-state index contributed by atoms with van der Waals surface area (Å²) in [6, 6.07) is 6.45. The van der Waals surface area contributed by atoms with Gasteiger partial charge in [-0.1, -0.05) is 6.07 Å². The first-order valence-electron chi connectivity index (χ1n) is 7.47. The maximum Gasteiger partial charge on any atom is 0.411 e. The summed E-state index contributed by atoms with van der Waals surface area (Å²) in [4.78, 5) is 23.4. The third kappa shape index (κ3) is 6.97. The van der Waals surface area contributed by atoms with Crippen LogP contribution in [0.15, 0.2) is 24.3 Å². The van der Waals surface area contributed by atoms with Crippen molar-refractivity contribution in [3.05, 3.63) is 29.8 Å².